The zero-order valence-electron chi connectivity index (χ0n) is 15.2. The van der Waals surface area contributed by atoms with Crippen LogP contribution in [0.2, 0.25) is 0 Å². The van der Waals surface area contributed by atoms with Crippen molar-refractivity contribution in [3.8, 4) is 0 Å². The fourth-order valence-corrected chi connectivity index (χ4v) is 3.77. The predicted molar refractivity (Wildman–Crippen MR) is 106 cm³/mol. The highest BCUT2D eigenvalue weighted by Gasteiger charge is 2.26. The second-order valence-corrected chi connectivity index (χ2v) is 7.27. The fraction of sp³-hybridized carbons (Fsp3) is 0.350. The molecule has 1 aromatic heterocycles. The third-order valence-electron chi connectivity index (χ3n) is 4.45. The van der Waals surface area contributed by atoms with Crippen LogP contribution in [0.5, 0.6) is 0 Å². The van der Waals surface area contributed by atoms with E-state index in [4.69, 9.17) is 4.74 Å². The summed E-state index contributed by atoms with van der Waals surface area (Å²) < 4.78 is 5.29. The summed E-state index contributed by atoms with van der Waals surface area (Å²) in [6, 6.07) is 8.09. The Morgan fingerprint density at radius 2 is 2.26 bits per heavy atom. The summed E-state index contributed by atoms with van der Waals surface area (Å²) in [6.07, 6.45) is 3.75. The van der Waals surface area contributed by atoms with Crippen LogP contribution in [0.3, 0.4) is 0 Å². The van der Waals surface area contributed by atoms with Gasteiger partial charge in [-0.2, -0.15) is 0 Å². The molecule has 0 unspecified atom stereocenters. The number of nitrogens with one attached hydrogen (secondary N) is 2. The third kappa shape index (κ3) is 4.74. The van der Waals surface area contributed by atoms with E-state index in [0.29, 0.717) is 11.7 Å². The number of fused-ring (bicyclic) bond motifs is 1. The van der Waals surface area contributed by atoms with E-state index >= 15 is 0 Å². The van der Waals surface area contributed by atoms with Gasteiger partial charge in [-0.25, -0.2) is 9.78 Å². The first kappa shape index (κ1) is 19.1. The SMILES string of the molecule is C=CCNc1nc(C(=O)O[C@@H](C)C(=O)N[C@@H]2CCCc3ccccc32)cs1. The number of ether oxygens (including phenoxy) is 1. The predicted octanol–water partition coefficient (Wildman–Crippen LogP) is 3.48. The van der Waals surface area contributed by atoms with Crippen LogP contribution in [-0.4, -0.2) is 29.5 Å². The van der Waals surface area contributed by atoms with Gasteiger partial charge in [0, 0.05) is 11.9 Å². The van der Waals surface area contributed by atoms with Gasteiger partial charge < -0.3 is 15.4 Å². The molecule has 1 heterocycles. The second-order valence-electron chi connectivity index (χ2n) is 6.41. The number of thiazole rings is 1. The van der Waals surface area contributed by atoms with Crippen molar-refractivity contribution in [2.24, 2.45) is 0 Å². The van der Waals surface area contributed by atoms with Crippen molar-refractivity contribution >= 4 is 28.3 Å². The summed E-state index contributed by atoms with van der Waals surface area (Å²) in [7, 11) is 0. The van der Waals surface area contributed by atoms with Gasteiger partial charge in [0.1, 0.15) is 0 Å². The normalized spacial score (nSPS) is 16.7. The molecule has 0 aliphatic heterocycles. The van der Waals surface area contributed by atoms with Crippen molar-refractivity contribution in [3.63, 3.8) is 0 Å². The lowest BCUT2D eigenvalue weighted by Gasteiger charge is -2.27. The van der Waals surface area contributed by atoms with E-state index in [1.807, 2.05) is 18.2 Å². The molecule has 0 saturated heterocycles. The van der Waals surface area contributed by atoms with Crippen molar-refractivity contribution in [2.75, 3.05) is 11.9 Å². The maximum Gasteiger partial charge on any atom is 0.358 e. The van der Waals surface area contributed by atoms with Crippen molar-refractivity contribution in [3.05, 3.63) is 59.1 Å². The van der Waals surface area contributed by atoms with Crippen LogP contribution in [0, 0.1) is 0 Å². The number of carbonyl (C=O) groups excluding carboxylic acids is 2. The number of amides is 1. The Hall–Kier alpha value is -2.67. The van der Waals surface area contributed by atoms with Gasteiger partial charge >= 0.3 is 5.97 Å². The molecule has 1 amide bonds. The van der Waals surface area contributed by atoms with Gasteiger partial charge in [0.25, 0.3) is 5.91 Å². The molecule has 0 spiro atoms. The molecule has 0 fully saturated rings. The Bertz CT molecular complexity index is 833. The number of hydrogen-bond acceptors (Lipinski definition) is 6. The quantitative estimate of drug-likeness (QED) is 0.563. The van der Waals surface area contributed by atoms with Gasteiger partial charge in [0.2, 0.25) is 0 Å². The highest BCUT2D eigenvalue weighted by Crippen LogP contribution is 2.29. The molecule has 0 radical (unpaired) electrons. The van der Waals surface area contributed by atoms with Crippen LogP contribution < -0.4 is 10.6 Å². The van der Waals surface area contributed by atoms with Crippen molar-refractivity contribution in [1.29, 1.82) is 0 Å². The lowest BCUT2D eigenvalue weighted by molar-refractivity contribution is -0.130. The van der Waals surface area contributed by atoms with Crippen molar-refractivity contribution in [1.82, 2.24) is 10.3 Å². The number of benzene rings is 1. The van der Waals surface area contributed by atoms with Crippen molar-refractivity contribution < 1.29 is 14.3 Å². The van der Waals surface area contributed by atoms with Gasteiger partial charge in [0.05, 0.1) is 6.04 Å². The Balaban J connectivity index is 1.57. The van der Waals surface area contributed by atoms with Crippen LogP contribution in [0.4, 0.5) is 5.13 Å². The minimum Gasteiger partial charge on any atom is -0.448 e. The Morgan fingerprint density at radius 1 is 1.44 bits per heavy atom. The van der Waals surface area contributed by atoms with E-state index in [0.717, 1.165) is 24.8 Å². The van der Waals surface area contributed by atoms with Crippen LogP contribution in [0.25, 0.3) is 0 Å². The first-order chi connectivity index (χ1) is 13.1. The van der Waals surface area contributed by atoms with Crippen LogP contribution in [0.15, 0.2) is 42.3 Å². The summed E-state index contributed by atoms with van der Waals surface area (Å²) in [5, 5.41) is 8.23. The van der Waals surface area contributed by atoms with Gasteiger partial charge in [-0.05, 0) is 37.3 Å². The molecular formula is C20H23N3O3S. The maximum atomic E-state index is 12.5. The number of aromatic nitrogens is 1. The Kier molecular flexibility index (Phi) is 6.24. The molecule has 142 valence electrons. The lowest BCUT2D eigenvalue weighted by Crippen LogP contribution is -2.39. The molecule has 0 saturated carbocycles. The number of esters is 1. The summed E-state index contributed by atoms with van der Waals surface area (Å²) in [4.78, 5) is 28.9. The lowest BCUT2D eigenvalue weighted by atomic mass is 9.87. The number of aryl methyl sites for hydroxylation is 1. The second kappa shape index (κ2) is 8.81. The van der Waals surface area contributed by atoms with E-state index in [2.05, 4.69) is 28.3 Å². The molecule has 1 aliphatic rings. The van der Waals surface area contributed by atoms with E-state index < -0.39 is 12.1 Å². The zero-order chi connectivity index (χ0) is 19.2. The summed E-state index contributed by atoms with van der Waals surface area (Å²) in [5.74, 6) is -0.908. The zero-order valence-corrected chi connectivity index (χ0v) is 16.1. The summed E-state index contributed by atoms with van der Waals surface area (Å²) >= 11 is 1.30. The highest BCUT2D eigenvalue weighted by molar-refractivity contribution is 7.13. The molecule has 7 heteroatoms. The molecule has 1 aromatic carbocycles. The van der Waals surface area contributed by atoms with Gasteiger partial charge in [0.15, 0.2) is 16.9 Å². The third-order valence-corrected chi connectivity index (χ3v) is 5.25. The van der Waals surface area contributed by atoms with Gasteiger partial charge in [-0.3, -0.25) is 4.79 Å². The molecule has 3 rings (SSSR count). The summed E-state index contributed by atoms with van der Waals surface area (Å²) in [6.45, 7) is 5.75. The van der Waals surface area contributed by atoms with Crippen LogP contribution in [0.1, 0.15) is 47.4 Å². The number of carbonyl (C=O) groups is 2. The van der Waals surface area contributed by atoms with Crippen LogP contribution >= 0.6 is 11.3 Å². The Labute approximate surface area is 162 Å². The molecule has 2 atom stereocenters. The molecule has 27 heavy (non-hydrogen) atoms. The summed E-state index contributed by atoms with van der Waals surface area (Å²) in [5.41, 5.74) is 2.60. The standard InChI is InChI=1S/C20H23N3O3S/c1-3-11-21-20-23-17(12-27-20)19(25)26-13(2)18(24)22-16-10-6-8-14-7-4-5-9-15(14)16/h3-5,7,9,12-13,16H,1,6,8,10-11H2,2H3,(H,21,23)(H,22,24)/t13-,16+/m0/s1. The largest absolute Gasteiger partial charge is 0.448 e. The van der Waals surface area contributed by atoms with E-state index in [-0.39, 0.29) is 17.6 Å². The smallest absolute Gasteiger partial charge is 0.358 e. The minimum atomic E-state index is -0.891. The molecule has 1 aliphatic carbocycles. The monoisotopic (exact) mass is 385 g/mol. The van der Waals surface area contributed by atoms with E-state index in [9.17, 15) is 9.59 Å². The van der Waals surface area contributed by atoms with Gasteiger partial charge in [-0.1, -0.05) is 30.3 Å². The van der Waals surface area contributed by atoms with E-state index in [1.54, 1.807) is 18.4 Å². The molecule has 6 nitrogen and oxygen atoms in total. The Morgan fingerprint density at radius 3 is 3.07 bits per heavy atom. The number of hydrogen-bond donors (Lipinski definition) is 2. The minimum absolute atomic E-state index is 0.0439. The van der Waals surface area contributed by atoms with Gasteiger partial charge in [-0.15, -0.1) is 17.9 Å². The van der Waals surface area contributed by atoms with E-state index in [1.165, 1.54) is 16.9 Å². The van der Waals surface area contributed by atoms with Crippen LogP contribution in [-0.2, 0) is 16.0 Å². The first-order valence-corrected chi connectivity index (χ1v) is 9.86. The molecular weight excluding hydrogens is 362 g/mol. The highest BCUT2D eigenvalue weighted by atomic mass is 32.1. The molecule has 2 aromatic rings. The average molecular weight is 385 g/mol. The fourth-order valence-electron chi connectivity index (χ4n) is 3.08. The maximum absolute atomic E-state index is 12.5. The first-order valence-electron chi connectivity index (χ1n) is 8.98. The number of nitrogens with zero attached hydrogens (tertiary/aromatic N) is 1. The number of anilines is 1. The average Bonchev–Trinajstić information content (AvgIpc) is 3.15. The molecule has 2 N–H and O–H groups in total. The topological polar surface area (TPSA) is 80.3 Å². The van der Waals surface area contributed by atoms with Crippen molar-refractivity contribution in [2.45, 2.75) is 38.3 Å². The number of rotatable bonds is 7. The molecule has 0 bridgehead atoms.